The van der Waals surface area contributed by atoms with Crippen LogP contribution in [-0.2, 0) is 11.2 Å². The molecule has 0 aliphatic rings. The van der Waals surface area contributed by atoms with E-state index in [9.17, 15) is 4.79 Å². The summed E-state index contributed by atoms with van der Waals surface area (Å²) in [5, 5.41) is 13.0. The van der Waals surface area contributed by atoms with Gasteiger partial charge in [-0.3, -0.25) is 0 Å². The number of anilines is 1. The van der Waals surface area contributed by atoms with Crippen molar-refractivity contribution in [2.45, 2.75) is 20.3 Å². The summed E-state index contributed by atoms with van der Waals surface area (Å²) in [6.07, 6.45) is 3.78. The number of hydrogen-bond donors (Lipinski definition) is 2. The van der Waals surface area contributed by atoms with Crippen molar-refractivity contribution in [2.75, 3.05) is 19.1 Å². The first-order valence-corrected chi connectivity index (χ1v) is 8.20. The van der Waals surface area contributed by atoms with Crippen molar-refractivity contribution < 1.29 is 19.4 Å². The number of nitrogens with zero attached hydrogens (tertiary/aromatic N) is 3. The number of hydrogen-bond acceptors (Lipinski definition) is 7. The molecule has 2 N–H and O–H groups in total. The fourth-order valence-corrected chi connectivity index (χ4v) is 2.46. The first-order valence-electron chi connectivity index (χ1n) is 8.20. The number of aromatic nitrogens is 2. The first kappa shape index (κ1) is 19.9. The number of aryl methyl sites for hydroxylation is 2. The molecule has 2 aromatic rings. The zero-order valence-electron chi connectivity index (χ0n) is 15.5. The third kappa shape index (κ3) is 5.81. The SMILES string of the molecule is C=CCc1cc(/C=N/Nc2nc(C)cc(C)n2)cc(OC)c1OCC(=O)O. The number of carbonyl (C=O) groups is 1. The zero-order valence-corrected chi connectivity index (χ0v) is 15.5. The largest absolute Gasteiger partial charge is 0.493 e. The average molecular weight is 370 g/mol. The van der Waals surface area contributed by atoms with Gasteiger partial charge < -0.3 is 14.6 Å². The van der Waals surface area contributed by atoms with E-state index >= 15 is 0 Å². The predicted molar refractivity (Wildman–Crippen MR) is 103 cm³/mol. The van der Waals surface area contributed by atoms with Crippen LogP contribution in [0.5, 0.6) is 11.5 Å². The molecule has 0 saturated carbocycles. The molecule has 2 rings (SSSR count). The maximum absolute atomic E-state index is 10.8. The third-order valence-corrected chi connectivity index (χ3v) is 3.44. The molecule has 0 saturated heterocycles. The summed E-state index contributed by atoms with van der Waals surface area (Å²) in [6, 6.07) is 5.41. The standard InChI is InChI=1S/C19H22N4O4/c1-5-6-15-8-14(9-16(26-4)18(15)27-11-17(24)25)10-20-23-19-21-12(2)7-13(3)22-19/h5,7-10H,1,6,11H2,2-4H3,(H,24,25)(H,21,22,23)/b20-10+. The van der Waals surface area contributed by atoms with Gasteiger partial charge in [-0.05, 0) is 44.0 Å². The van der Waals surface area contributed by atoms with Gasteiger partial charge in [0.2, 0.25) is 5.95 Å². The molecule has 1 aromatic carbocycles. The van der Waals surface area contributed by atoms with E-state index in [-0.39, 0.29) is 0 Å². The highest BCUT2D eigenvalue weighted by atomic mass is 16.5. The fraction of sp³-hybridized carbons (Fsp3) is 0.263. The van der Waals surface area contributed by atoms with E-state index in [2.05, 4.69) is 27.1 Å². The second kappa shape index (κ2) is 9.33. The van der Waals surface area contributed by atoms with E-state index in [0.29, 0.717) is 23.9 Å². The maximum Gasteiger partial charge on any atom is 0.341 e. The Bertz CT molecular complexity index is 845. The van der Waals surface area contributed by atoms with Gasteiger partial charge in [-0.1, -0.05) is 6.08 Å². The van der Waals surface area contributed by atoms with Crippen LogP contribution in [0.4, 0.5) is 5.95 Å². The molecule has 8 nitrogen and oxygen atoms in total. The van der Waals surface area contributed by atoms with Gasteiger partial charge in [-0.25, -0.2) is 20.2 Å². The van der Waals surface area contributed by atoms with E-state index in [0.717, 1.165) is 22.5 Å². The molecule has 0 atom stereocenters. The molecule has 142 valence electrons. The maximum atomic E-state index is 10.8. The van der Waals surface area contributed by atoms with Crippen LogP contribution in [0, 0.1) is 13.8 Å². The summed E-state index contributed by atoms with van der Waals surface area (Å²) in [5.41, 5.74) is 5.97. The molecule has 0 aliphatic carbocycles. The molecule has 1 heterocycles. The molecule has 0 spiro atoms. The monoisotopic (exact) mass is 370 g/mol. The van der Waals surface area contributed by atoms with Crippen LogP contribution in [0.1, 0.15) is 22.5 Å². The first-order chi connectivity index (χ1) is 12.9. The van der Waals surface area contributed by atoms with Crippen molar-refractivity contribution in [3.05, 3.63) is 53.4 Å². The fourth-order valence-electron chi connectivity index (χ4n) is 2.46. The Labute approximate surface area is 157 Å². The van der Waals surface area contributed by atoms with Crippen molar-refractivity contribution in [3.63, 3.8) is 0 Å². The summed E-state index contributed by atoms with van der Waals surface area (Å²) < 4.78 is 10.7. The highest BCUT2D eigenvalue weighted by Crippen LogP contribution is 2.33. The number of hydrazone groups is 1. The average Bonchev–Trinajstić information content (AvgIpc) is 2.59. The van der Waals surface area contributed by atoms with Crippen LogP contribution in [0.15, 0.2) is 36.0 Å². The van der Waals surface area contributed by atoms with Crippen molar-refractivity contribution in [1.82, 2.24) is 9.97 Å². The Kier molecular flexibility index (Phi) is 6.87. The van der Waals surface area contributed by atoms with Gasteiger partial charge in [-0.2, -0.15) is 5.10 Å². The molecular weight excluding hydrogens is 348 g/mol. The minimum atomic E-state index is -1.06. The molecule has 0 unspecified atom stereocenters. The van der Waals surface area contributed by atoms with Crippen LogP contribution in [0.2, 0.25) is 0 Å². The van der Waals surface area contributed by atoms with E-state index < -0.39 is 12.6 Å². The number of rotatable bonds is 9. The topological polar surface area (TPSA) is 106 Å². The molecular formula is C19H22N4O4. The summed E-state index contributed by atoms with van der Waals surface area (Å²) in [6.45, 7) is 7.02. The van der Waals surface area contributed by atoms with Gasteiger partial charge in [0.05, 0.1) is 13.3 Å². The number of allylic oxidation sites excluding steroid dienone is 1. The van der Waals surface area contributed by atoms with Crippen molar-refractivity contribution >= 4 is 18.1 Å². The summed E-state index contributed by atoms with van der Waals surface area (Å²) in [7, 11) is 1.49. The smallest absolute Gasteiger partial charge is 0.341 e. The number of ether oxygens (including phenoxy) is 2. The van der Waals surface area contributed by atoms with Crippen LogP contribution >= 0.6 is 0 Å². The van der Waals surface area contributed by atoms with Gasteiger partial charge in [0.1, 0.15) is 0 Å². The molecule has 0 amide bonds. The molecule has 0 radical (unpaired) electrons. The Morgan fingerprint density at radius 2 is 2.00 bits per heavy atom. The quantitative estimate of drug-likeness (QED) is 0.397. The third-order valence-electron chi connectivity index (χ3n) is 3.44. The lowest BCUT2D eigenvalue weighted by atomic mass is 10.1. The molecule has 0 fully saturated rings. The van der Waals surface area contributed by atoms with Gasteiger partial charge in [0.15, 0.2) is 18.1 Å². The van der Waals surface area contributed by atoms with Gasteiger partial charge in [0, 0.05) is 17.0 Å². The van der Waals surface area contributed by atoms with E-state index in [1.807, 2.05) is 26.0 Å². The van der Waals surface area contributed by atoms with E-state index in [1.165, 1.54) is 7.11 Å². The minimum Gasteiger partial charge on any atom is -0.493 e. The predicted octanol–water partition coefficient (Wildman–Crippen LogP) is 2.74. The molecule has 8 heteroatoms. The Hall–Kier alpha value is -3.42. The number of carboxylic acids is 1. The molecule has 27 heavy (non-hydrogen) atoms. The van der Waals surface area contributed by atoms with Crippen LogP contribution in [0.3, 0.4) is 0 Å². The van der Waals surface area contributed by atoms with Crippen molar-refractivity contribution in [3.8, 4) is 11.5 Å². The molecule has 0 aliphatic heterocycles. The summed E-state index contributed by atoms with van der Waals surface area (Å²) in [4.78, 5) is 19.3. The highest BCUT2D eigenvalue weighted by molar-refractivity contribution is 5.82. The van der Waals surface area contributed by atoms with Gasteiger partial charge >= 0.3 is 5.97 Å². The normalized spacial score (nSPS) is 10.6. The summed E-state index contributed by atoms with van der Waals surface area (Å²) >= 11 is 0. The lowest BCUT2D eigenvalue weighted by Crippen LogP contribution is -2.11. The number of nitrogens with one attached hydrogen (secondary N) is 1. The number of methoxy groups -OCH3 is 1. The second-order valence-corrected chi connectivity index (χ2v) is 5.73. The minimum absolute atomic E-state index is 0.377. The van der Waals surface area contributed by atoms with Gasteiger partial charge in [0.25, 0.3) is 0 Å². The second-order valence-electron chi connectivity index (χ2n) is 5.73. The van der Waals surface area contributed by atoms with Crippen LogP contribution in [-0.4, -0.2) is 41.0 Å². The Morgan fingerprint density at radius 3 is 2.59 bits per heavy atom. The molecule has 0 bridgehead atoms. The molecule has 1 aromatic heterocycles. The lowest BCUT2D eigenvalue weighted by molar-refractivity contribution is -0.139. The van der Waals surface area contributed by atoms with Crippen molar-refractivity contribution in [1.29, 1.82) is 0 Å². The zero-order chi connectivity index (χ0) is 19.8. The van der Waals surface area contributed by atoms with Crippen LogP contribution < -0.4 is 14.9 Å². The van der Waals surface area contributed by atoms with Gasteiger partial charge in [-0.15, -0.1) is 6.58 Å². The van der Waals surface area contributed by atoms with Crippen LogP contribution in [0.25, 0.3) is 0 Å². The van der Waals surface area contributed by atoms with E-state index in [1.54, 1.807) is 18.4 Å². The van der Waals surface area contributed by atoms with Crippen molar-refractivity contribution in [2.24, 2.45) is 5.10 Å². The Balaban J connectivity index is 2.26. The highest BCUT2D eigenvalue weighted by Gasteiger charge is 2.13. The number of benzene rings is 1. The number of carboxylic acid groups (broad SMARTS) is 1. The van der Waals surface area contributed by atoms with E-state index in [4.69, 9.17) is 14.6 Å². The lowest BCUT2D eigenvalue weighted by Gasteiger charge is -2.14. The number of aliphatic carboxylic acids is 1. The Morgan fingerprint density at radius 1 is 1.30 bits per heavy atom. The summed E-state index contributed by atoms with van der Waals surface area (Å²) in [5.74, 6) is 0.135.